The van der Waals surface area contributed by atoms with Crippen LogP contribution in [0.25, 0.3) is 17.1 Å². The summed E-state index contributed by atoms with van der Waals surface area (Å²) < 4.78 is 12.4. The second-order valence-electron chi connectivity index (χ2n) is 10.3. The van der Waals surface area contributed by atoms with Gasteiger partial charge in [0.2, 0.25) is 5.82 Å². The highest BCUT2D eigenvalue weighted by molar-refractivity contribution is 5.92. The first-order chi connectivity index (χ1) is 19.7. The van der Waals surface area contributed by atoms with E-state index in [1.807, 2.05) is 51.1 Å². The molecule has 0 atom stereocenters. The number of ether oxygens (including phenoxy) is 2. The van der Waals surface area contributed by atoms with E-state index in [1.54, 1.807) is 24.9 Å². The number of nitrogens with zero attached hydrogens (tertiary/aromatic N) is 4. The van der Waals surface area contributed by atoms with Gasteiger partial charge in [0.05, 0.1) is 25.8 Å². The molecule has 1 aliphatic heterocycles. The van der Waals surface area contributed by atoms with Crippen molar-refractivity contribution in [2.24, 2.45) is 0 Å². The number of rotatable bonds is 9. The van der Waals surface area contributed by atoms with E-state index in [0.29, 0.717) is 53.8 Å². The van der Waals surface area contributed by atoms with Gasteiger partial charge in [0.1, 0.15) is 23.0 Å². The van der Waals surface area contributed by atoms with Crippen LogP contribution in [0.15, 0.2) is 42.5 Å². The number of nitrogens with one attached hydrogen (secondary N) is 1. The van der Waals surface area contributed by atoms with E-state index >= 15 is 0 Å². The number of carbonyl (C=O) groups excluding carboxylic acids is 1. The third-order valence-corrected chi connectivity index (χ3v) is 7.17. The van der Waals surface area contributed by atoms with E-state index in [1.165, 1.54) is 11.6 Å². The predicted octanol–water partition coefficient (Wildman–Crippen LogP) is 4.55. The van der Waals surface area contributed by atoms with Gasteiger partial charge in [0.15, 0.2) is 5.82 Å². The lowest BCUT2D eigenvalue weighted by Crippen LogP contribution is -2.26. The number of aromatic hydroxyl groups is 2. The van der Waals surface area contributed by atoms with Crippen LogP contribution in [-0.4, -0.2) is 56.5 Å². The van der Waals surface area contributed by atoms with Crippen LogP contribution in [0.2, 0.25) is 0 Å². The molecule has 213 valence electrons. The predicted molar refractivity (Wildman–Crippen MR) is 154 cm³/mol. The van der Waals surface area contributed by atoms with Gasteiger partial charge in [-0.05, 0) is 65.4 Å². The van der Waals surface area contributed by atoms with Gasteiger partial charge < -0.3 is 25.0 Å². The van der Waals surface area contributed by atoms with Crippen molar-refractivity contribution < 1.29 is 24.5 Å². The van der Waals surface area contributed by atoms with Crippen LogP contribution in [0.4, 0.5) is 0 Å². The van der Waals surface area contributed by atoms with Gasteiger partial charge in [-0.25, -0.2) is 0 Å². The molecule has 0 bridgehead atoms. The van der Waals surface area contributed by atoms with Gasteiger partial charge in [0.25, 0.3) is 5.91 Å². The largest absolute Gasteiger partial charge is 0.508 e. The van der Waals surface area contributed by atoms with Gasteiger partial charge in [0, 0.05) is 37.9 Å². The van der Waals surface area contributed by atoms with Crippen LogP contribution >= 0.6 is 0 Å². The molecule has 3 aromatic carbocycles. The number of fused-ring (bicyclic) bond motifs is 1. The second-order valence-corrected chi connectivity index (χ2v) is 10.3. The smallest absolute Gasteiger partial charge is 0.289 e. The summed E-state index contributed by atoms with van der Waals surface area (Å²) in [6.07, 6.45) is 0. The average molecular weight is 557 g/mol. The van der Waals surface area contributed by atoms with Crippen molar-refractivity contribution in [2.45, 2.75) is 46.3 Å². The van der Waals surface area contributed by atoms with Crippen LogP contribution < -0.4 is 14.8 Å². The summed E-state index contributed by atoms with van der Waals surface area (Å²) in [5, 5.41) is 32.5. The van der Waals surface area contributed by atoms with E-state index in [0.717, 1.165) is 17.7 Å². The summed E-state index contributed by atoms with van der Waals surface area (Å²) in [4.78, 5) is 15.3. The third-order valence-electron chi connectivity index (χ3n) is 7.17. The zero-order valence-corrected chi connectivity index (χ0v) is 23.9. The number of phenolic OH excluding ortho intramolecular Hbond substituents is 2. The Morgan fingerprint density at radius 3 is 2.37 bits per heavy atom. The molecule has 1 amide bonds. The van der Waals surface area contributed by atoms with Crippen molar-refractivity contribution in [3.63, 3.8) is 0 Å². The summed E-state index contributed by atoms with van der Waals surface area (Å²) in [7, 11) is 3.22. The number of methoxy groups -OCH3 is 2. The molecule has 0 saturated carbocycles. The Morgan fingerprint density at radius 1 is 1.00 bits per heavy atom. The fourth-order valence-electron chi connectivity index (χ4n) is 5.17. The molecule has 0 unspecified atom stereocenters. The van der Waals surface area contributed by atoms with Gasteiger partial charge in [-0.1, -0.05) is 19.9 Å². The minimum absolute atomic E-state index is 0.000401. The Labute approximate surface area is 239 Å². The first kappa shape index (κ1) is 28.0. The fraction of sp³-hybridized carbons (Fsp3) is 0.323. The minimum atomic E-state index is -0.375. The Morgan fingerprint density at radius 2 is 1.71 bits per heavy atom. The van der Waals surface area contributed by atoms with Crippen molar-refractivity contribution in [1.82, 2.24) is 25.0 Å². The molecule has 1 aliphatic rings. The number of aromatic nitrogens is 3. The number of benzene rings is 3. The molecule has 0 saturated heterocycles. The van der Waals surface area contributed by atoms with E-state index in [9.17, 15) is 15.0 Å². The van der Waals surface area contributed by atoms with Crippen molar-refractivity contribution in [3.8, 4) is 40.1 Å². The summed E-state index contributed by atoms with van der Waals surface area (Å²) in [6.45, 7) is 8.30. The standard InChI is InChI=1S/C31H34N5O5/c1-6-32-31(39)30-34-33-29(26-13-25(18(2)3)27(37)14-28(26)38)36(30)22-8-7-20-16-35(17-21(20)11-22)15-19-9-23(40-4)12-24(10-19)41-5/h7-11,13-14,18,37-38H,6,15-17H2,1-5H3,(H,32,39). The molecule has 1 radical (unpaired) electrons. The minimum Gasteiger partial charge on any atom is -0.508 e. The SMILES string of the molecule is CCNC(=O)c1nnc(-c2cc(C(C)C)c(O)cc2O)n1-c1ccc2c(c1)CN(Cc1cc(OC)[c]c(OC)c1)C2. The summed E-state index contributed by atoms with van der Waals surface area (Å²) in [5.74, 6) is 1.13. The number of phenols is 2. The highest BCUT2D eigenvalue weighted by atomic mass is 16.5. The van der Waals surface area contributed by atoms with Gasteiger partial charge >= 0.3 is 0 Å². The third kappa shape index (κ3) is 5.55. The molecular weight excluding hydrogens is 522 g/mol. The normalized spacial score (nSPS) is 12.9. The number of carbonyl (C=O) groups is 1. The first-order valence-electron chi connectivity index (χ1n) is 13.5. The summed E-state index contributed by atoms with van der Waals surface area (Å²) in [5.41, 5.74) is 5.07. The maximum absolute atomic E-state index is 13.0. The maximum atomic E-state index is 13.0. The molecule has 41 heavy (non-hydrogen) atoms. The number of amides is 1. The second kappa shape index (κ2) is 11.5. The van der Waals surface area contributed by atoms with E-state index in [-0.39, 0.29) is 29.1 Å². The molecule has 0 fully saturated rings. The zero-order valence-electron chi connectivity index (χ0n) is 23.9. The van der Waals surface area contributed by atoms with Crippen molar-refractivity contribution in [2.75, 3.05) is 20.8 Å². The average Bonchev–Trinajstić information content (AvgIpc) is 3.56. The molecule has 10 nitrogen and oxygen atoms in total. The lowest BCUT2D eigenvalue weighted by atomic mass is 9.98. The lowest BCUT2D eigenvalue weighted by molar-refractivity contribution is 0.0943. The molecule has 2 heterocycles. The van der Waals surface area contributed by atoms with Crippen molar-refractivity contribution >= 4 is 5.91 Å². The molecule has 3 N–H and O–H groups in total. The van der Waals surface area contributed by atoms with Crippen LogP contribution in [0.5, 0.6) is 23.0 Å². The molecular formula is C31H34N5O5. The molecule has 0 spiro atoms. The lowest BCUT2D eigenvalue weighted by Gasteiger charge is -2.16. The number of hydrogen-bond donors (Lipinski definition) is 3. The summed E-state index contributed by atoms with van der Waals surface area (Å²) in [6, 6.07) is 16.0. The Bertz CT molecular complexity index is 1570. The van der Waals surface area contributed by atoms with Crippen LogP contribution in [0.3, 0.4) is 0 Å². The molecule has 10 heteroatoms. The van der Waals surface area contributed by atoms with Gasteiger partial charge in [-0.2, -0.15) is 0 Å². The topological polar surface area (TPSA) is 122 Å². The monoisotopic (exact) mass is 556 g/mol. The van der Waals surface area contributed by atoms with Crippen LogP contribution in [-0.2, 0) is 19.6 Å². The fourth-order valence-corrected chi connectivity index (χ4v) is 5.17. The summed E-state index contributed by atoms with van der Waals surface area (Å²) >= 11 is 0. The Balaban J connectivity index is 1.52. The first-order valence-corrected chi connectivity index (χ1v) is 13.5. The Kier molecular flexibility index (Phi) is 7.85. The maximum Gasteiger partial charge on any atom is 0.289 e. The van der Waals surface area contributed by atoms with Crippen molar-refractivity contribution in [1.29, 1.82) is 0 Å². The quantitative estimate of drug-likeness (QED) is 0.275. The molecule has 1 aromatic heterocycles. The van der Waals surface area contributed by atoms with Crippen molar-refractivity contribution in [3.05, 3.63) is 76.6 Å². The van der Waals surface area contributed by atoms with E-state index < -0.39 is 0 Å². The molecule has 5 rings (SSSR count). The molecule has 4 aromatic rings. The van der Waals surface area contributed by atoms with E-state index in [2.05, 4.69) is 26.5 Å². The number of hydrogen-bond acceptors (Lipinski definition) is 8. The van der Waals surface area contributed by atoms with Crippen LogP contribution in [0.1, 0.15) is 59.6 Å². The molecule has 0 aliphatic carbocycles. The van der Waals surface area contributed by atoms with Crippen LogP contribution in [0, 0.1) is 6.07 Å². The van der Waals surface area contributed by atoms with Gasteiger partial charge in [-0.15, -0.1) is 10.2 Å². The Hall–Kier alpha value is -4.57. The van der Waals surface area contributed by atoms with Gasteiger partial charge in [-0.3, -0.25) is 14.3 Å². The highest BCUT2D eigenvalue weighted by Gasteiger charge is 2.26. The van der Waals surface area contributed by atoms with E-state index in [4.69, 9.17) is 9.47 Å². The zero-order chi connectivity index (χ0) is 29.3. The highest BCUT2D eigenvalue weighted by Crippen LogP contribution is 2.39.